The lowest BCUT2D eigenvalue weighted by molar-refractivity contribution is -0.111. The first-order chi connectivity index (χ1) is 13.7. The van der Waals surface area contributed by atoms with E-state index in [-0.39, 0.29) is 5.12 Å². The summed E-state index contributed by atoms with van der Waals surface area (Å²) in [4.78, 5) is 13.2. The molecular weight excluding hydrogens is 360 g/mol. The maximum Gasteiger partial charge on any atom is 0.193 e. The molecule has 0 N–H and O–H groups in total. The third-order valence-corrected chi connectivity index (χ3v) is 6.12. The van der Waals surface area contributed by atoms with Crippen LogP contribution in [0.25, 0.3) is 11.1 Å². The van der Waals surface area contributed by atoms with Gasteiger partial charge in [-0.3, -0.25) is 4.79 Å². The molecule has 0 fully saturated rings. The van der Waals surface area contributed by atoms with E-state index >= 15 is 0 Å². The van der Waals surface area contributed by atoms with Gasteiger partial charge < -0.3 is 0 Å². The highest BCUT2D eigenvalue weighted by Gasteiger charge is 2.06. The van der Waals surface area contributed by atoms with E-state index in [2.05, 4.69) is 62.4 Å². The van der Waals surface area contributed by atoms with Crippen molar-refractivity contribution in [1.82, 2.24) is 0 Å². The lowest BCUT2D eigenvalue weighted by Crippen LogP contribution is -1.91. The van der Waals surface area contributed by atoms with Crippen LogP contribution in [0.2, 0.25) is 0 Å². The highest BCUT2D eigenvalue weighted by atomic mass is 32.2. The van der Waals surface area contributed by atoms with Gasteiger partial charge in [-0.15, -0.1) is 0 Å². The predicted octanol–water partition coefficient (Wildman–Crippen LogP) is 8.46. The topological polar surface area (TPSA) is 17.1 Å². The van der Waals surface area contributed by atoms with Crippen molar-refractivity contribution in [1.29, 1.82) is 0 Å². The number of aryl methyl sites for hydroxylation is 1. The van der Waals surface area contributed by atoms with Crippen molar-refractivity contribution in [2.75, 3.05) is 0 Å². The number of rotatable bonds is 13. The van der Waals surface area contributed by atoms with Gasteiger partial charge >= 0.3 is 0 Å². The van der Waals surface area contributed by atoms with Crippen LogP contribution < -0.4 is 0 Å². The standard InChI is InChI=1S/C26H36OS/c1-3-5-7-9-11-13-26(27)28-25-20-18-24(19-21-25)23-16-14-22(15-17-23)12-10-8-6-4-2/h14-21H,3-13H2,1-2H3. The molecule has 0 heterocycles. The van der Waals surface area contributed by atoms with Crippen LogP contribution in [0, 0.1) is 0 Å². The molecule has 0 atom stereocenters. The molecule has 0 saturated heterocycles. The van der Waals surface area contributed by atoms with Gasteiger partial charge in [-0.05, 0) is 48.1 Å². The van der Waals surface area contributed by atoms with Gasteiger partial charge in [0.25, 0.3) is 0 Å². The van der Waals surface area contributed by atoms with Gasteiger partial charge in [-0.1, -0.05) is 107 Å². The molecule has 2 heteroatoms. The molecule has 0 aromatic heterocycles. The average Bonchev–Trinajstić information content (AvgIpc) is 2.72. The quantitative estimate of drug-likeness (QED) is 0.249. The van der Waals surface area contributed by atoms with E-state index in [0.29, 0.717) is 6.42 Å². The van der Waals surface area contributed by atoms with Gasteiger partial charge in [0.15, 0.2) is 5.12 Å². The summed E-state index contributed by atoms with van der Waals surface area (Å²) in [6.45, 7) is 4.47. The van der Waals surface area contributed by atoms with Crippen molar-refractivity contribution < 1.29 is 4.79 Å². The Morgan fingerprint density at radius 1 is 0.679 bits per heavy atom. The minimum Gasteiger partial charge on any atom is -0.287 e. The Labute approximate surface area is 176 Å². The first-order valence-electron chi connectivity index (χ1n) is 11.1. The summed E-state index contributed by atoms with van der Waals surface area (Å²) in [6, 6.07) is 17.4. The normalized spacial score (nSPS) is 10.9. The SMILES string of the molecule is CCCCCCCC(=O)Sc1ccc(-c2ccc(CCCCCC)cc2)cc1. The van der Waals surface area contributed by atoms with E-state index in [9.17, 15) is 4.79 Å². The molecule has 0 unspecified atom stereocenters. The molecule has 0 radical (unpaired) electrons. The van der Waals surface area contributed by atoms with Gasteiger partial charge in [0, 0.05) is 11.3 Å². The van der Waals surface area contributed by atoms with Crippen LogP contribution in [0.5, 0.6) is 0 Å². The summed E-state index contributed by atoms with van der Waals surface area (Å²) in [5.74, 6) is 0. The van der Waals surface area contributed by atoms with Crippen molar-refractivity contribution in [3.63, 3.8) is 0 Å². The minimum absolute atomic E-state index is 0.289. The first kappa shape index (κ1) is 22.7. The zero-order valence-corrected chi connectivity index (χ0v) is 18.5. The predicted molar refractivity (Wildman–Crippen MR) is 124 cm³/mol. The Kier molecular flexibility index (Phi) is 11.1. The van der Waals surface area contributed by atoms with Crippen LogP contribution in [-0.2, 0) is 11.2 Å². The van der Waals surface area contributed by atoms with E-state index in [1.54, 1.807) is 0 Å². The average molecular weight is 397 g/mol. The molecule has 0 aliphatic rings. The smallest absolute Gasteiger partial charge is 0.193 e. The van der Waals surface area contributed by atoms with Crippen molar-refractivity contribution >= 4 is 16.9 Å². The zero-order valence-electron chi connectivity index (χ0n) is 17.7. The van der Waals surface area contributed by atoms with Crippen LogP contribution in [0.3, 0.4) is 0 Å². The molecule has 0 saturated carbocycles. The maximum atomic E-state index is 12.1. The molecule has 1 nitrogen and oxygen atoms in total. The molecule has 0 amide bonds. The fourth-order valence-electron chi connectivity index (χ4n) is 3.39. The number of hydrogen-bond acceptors (Lipinski definition) is 2. The molecule has 2 aromatic rings. The highest BCUT2D eigenvalue weighted by Crippen LogP contribution is 2.26. The number of carbonyl (C=O) groups excluding carboxylic acids is 1. The first-order valence-corrected chi connectivity index (χ1v) is 11.9. The van der Waals surface area contributed by atoms with E-state index in [1.165, 1.54) is 86.2 Å². The summed E-state index contributed by atoms with van der Waals surface area (Å²) < 4.78 is 0. The Hall–Kier alpha value is -1.54. The zero-order chi connectivity index (χ0) is 20.0. The van der Waals surface area contributed by atoms with Crippen LogP contribution in [0.4, 0.5) is 0 Å². The molecule has 0 bridgehead atoms. The number of benzene rings is 2. The molecule has 2 rings (SSSR count). The van der Waals surface area contributed by atoms with Crippen molar-refractivity contribution in [3.8, 4) is 11.1 Å². The van der Waals surface area contributed by atoms with Gasteiger partial charge in [-0.25, -0.2) is 0 Å². The fourth-order valence-corrected chi connectivity index (χ4v) is 4.17. The number of carbonyl (C=O) groups is 1. The molecular formula is C26H36OS. The Morgan fingerprint density at radius 3 is 1.82 bits per heavy atom. The van der Waals surface area contributed by atoms with Crippen LogP contribution >= 0.6 is 11.8 Å². The molecule has 0 spiro atoms. The lowest BCUT2D eigenvalue weighted by Gasteiger charge is -2.06. The van der Waals surface area contributed by atoms with E-state index in [1.807, 2.05) is 0 Å². The third kappa shape index (κ3) is 8.65. The van der Waals surface area contributed by atoms with Crippen molar-refractivity contribution in [2.45, 2.75) is 89.4 Å². The summed E-state index contributed by atoms with van der Waals surface area (Å²) in [7, 11) is 0. The van der Waals surface area contributed by atoms with E-state index in [0.717, 1.165) is 11.3 Å². The van der Waals surface area contributed by atoms with Gasteiger partial charge in [-0.2, -0.15) is 0 Å². The number of unbranched alkanes of at least 4 members (excludes halogenated alkanes) is 7. The molecule has 0 aliphatic carbocycles. The van der Waals surface area contributed by atoms with Crippen molar-refractivity contribution in [3.05, 3.63) is 54.1 Å². The number of hydrogen-bond donors (Lipinski definition) is 0. The monoisotopic (exact) mass is 396 g/mol. The second kappa shape index (κ2) is 13.6. The van der Waals surface area contributed by atoms with Crippen LogP contribution in [0.15, 0.2) is 53.4 Å². The summed E-state index contributed by atoms with van der Waals surface area (Å²) in [5.41, 5.74) is 3.89. The van der Waals surface area contributed by atoms with E-state index < -0.39 is 0 Å². The van der Waals surface area contributed by atoms with Gasteiger partial charge in [0.1, 0.15) is 0 Å². The second-order valence-electron chi connectivity index (χ2n) is 7.67. The van der Waals surface area contributed by atoms with Gasteiger partial charge in [0.2, 0.25) is 0 Å². The van der Waals surface area contributed by atoms with Crippen LogP contribution in [0.1, 0.15) is 83.6 Å². The highest BCUT2D eigenvalue weighted by molar-refractivity contribution is 8.13. The summed E-state index contributed by atoms with van der Waals surface area (Å²) >= 11 is 1.39. The van der Waals surface area contributed by atoms with Crippen molar-refractivity contribution in [2.24, 2.45) is 0 Å². The molecule has 0 aliphatic heterocycles. The summed E-state index contributed by atoms with van der Waals surface area (Å²) in [5, 5.41) is 0.289. The second-order valence-corrected chi connectivity index (χ2v) is 8.80. The van der Waals surface area contributed by atoms with Gasteiger partial charge in [0.05, 0.1) is 0 Å². The fraction of sp³-hybridized carbons (Fsp3) is 0.500. The minimum atomic E-state index is 0.289. The molecule has 28 heavy (non-hydrogen) atoms. The molecule has 152 valence electrons. The summed E-state index contributed by atoms with van der Waals surface area (Å²) in [6.07, 6.45) is 13.1. The Morgan fingerprint density at radius 2 is 1.21 bits per heavy atom. The van der Waals surface area contributed by atoms with E-state index in [4.69, 9.17) is 0 Å². The lowest BCUT2D eigenvalue weighted by atomic mass is 10.0. The molecule has 2 aromatic carbocycles. The maximum absolute atomic E-state index is 12.1. The number of thioether (sulfide) groups is 1. The Bertz CT molecular complexity index is 673. The Balaban J connectivity index is 1.79. The largest absolute Gasteiger partial charge is 0.287 e. The third-order valence-electron chi connectivity index (χ3n) is 5.18. The van der Waals surface area contributed by atoms with Crippen LogP contribution in [-0.4, -0.2) is 5.12 Å².